The average Bonchev–Trinajstić information content (AvgIpc) is 3.08. The van der Waals surface area contributed by atoms with Gasteiger partial charge in [0.25, 0.3) is 5.91 Å². The molecule has 1 saturated heterocycles. The van der Waals surface area contributed by atoms with Gasteiger partial charge in [0.1, 0.15) is 11.6 Å². The molecule has 1 atom stereocenters. The number of phenols is 1. The number of hydrogen-bond donors (Lipinski definition) is 1. The van der Waals surface area contributed by atoms with Crippen molar-refractivity contribution in [1.29, 1.82) is 0 Å². The second-order valence-electron chi connectivity index (χ2n) is 6.47. The van der Waals surface area contributed by atoms with Crippen molar-refractivity contribution in [3.05, 3.63) is 48.0 Å². The number of piperidine rings is 1. The van der Waals surface area contributed by atoms with Gasteiger partial charge in [0, 0.05) is 43.5 Å². The Morgan fingerprint density at radius 1 is 1.33 bits per heavy atom. The van der Waals surface area contributed by atoms with Crippen molar-refractivity contribution in [1.82, 2.24) is 14.5 Å². The summed E-state index contributed by atoms with van der Waals surface area (Å²) >= 11 is 0. The molecule has 5 heteroatoms. The lowest BCUT2D eigenvalue weighted by Gasteiger charge is -2.32. The van der Waals surface area contributed by atoms with E-state index < -0.39 is 0 Å². The zero-order chi connectivity index (χ0) is 16.9. The second-order valence-corrected chi connectivity index (χ2v) is 6.47. The number of aryl methyl sites for hydroxylation is 1. The Bertz CT molecular complexity index is 678. The van der Waals surface area contributed by atoms with Crippen LogP contribution in [0.1, 0.15) is 54.7 Å². The van der Waals surface area contributed by atoms with E-state index in [1.165, 1.54) is 0 Å². The number of hydrogen-bond acceptors (Lipinski definition) is 3. The normalized spacial score (nSPS) is 17.9. The van der Waals surface area contributed by atoms with Crippen molar-refractivity contribution in [3.63, 3.8) is 0 Å². The highest BCUT2D eigenvalue weighted by atomic mass is 16.3. The van der Waals surface area contributed by atoms with Crippen LogP contribution in [0.4, 0.5) is 0 Å². The van der Waals surface area contributed by atoms with Crippen LogP contribution in [0.3, 0.4) is 0 Å². The van der Waals surface area contributed by atoms with Crippen LogP contribution >= 0.6 is 0 Å². The van der Waals surface area contributed by atoms with Gasteiger partial charge in [-0.05, 0) is 43.5 Å². The van der Waals surface area contributed by atoms with E-state index in [-0.39, 0.29) is 11.7 Å². The molecule has 0 aliphatic carbocycles. The van der Waals surface area contributed by atoms with E-state index in [9.17, 15) is 9.90 Å². The monoisotopic (exact) mass is 327 g/mol. The number of carbonyl (C=O) groups is 1. The molecule has 0 radical (unpaired) electrons. The number of phenolic OH excluding ortho intramolecular Hbond substituents is 1. The van der Waals surface area contributed by atoms with Crippen LogP contribution in [0.5, 0.6) is 5.75 Å². The van der Waals surface area contributed by atoms with Crippen molar-refractivity contribution in [3.8, 4) is 5.75 Å². The number of aromatic nitrogens is 2. The Balaban J connectivity index is 1.71. The van der Waals surface area contributed by atoms with Crippen molar-refractivity contribution in [2.24, 2.45) is 0 Å². The Labute approximate surface area is 142 Å². The number of imidazole rings is 1. The van der Waals surface area contributed by atoms with Gasteiger partial charge in [-0.1, -0.05) is 13.3 Å². The summed E-state index contributed by atoms with van der Waals surface area (Å²) in [5, 5.41) is 9.38. The molecule has 5 nitrogen and oxygen atoms in total. The molecule has 1 amide bonds. The Hall–Kier alpha value is -2.30. The maximum Gasteiger partial charge on any atom is 0.253 e. The number of unbranched alkanes of at least 4 members (excludes halogenated alkanes) is 1. The number of aromatic hydroxyl groups is 1. The third-order valence-electron chi connectivity index (χ3n) is 4.69. The van der Waals surface area contributed by atoms with Crippen LogP contribution in [-0.4, -0.2) is 38.6 Å². The zero-order valence-electron chi connectivity index (χ0n) is 14.2. The van der Waals surface area contributed by atoms with Gasteiger partial charge < -0.3 is 14.6 Å². The zero-order valence-corrected chi connectivity index (χ0v) is 14.2. The van der Waals surface area contributed by atoms with Crippen LogP contribution in [0.25, 0.3) is 0 Å². The van der Waals surface area contributed by atoms with Gasteiger partial charge in [-0.15, -0.1) is 0 Å². The fourth-order valence-corrected chi connectivity index (χ4v) is 3.36. The summed E-state index contributed by atoms with van der Waals surface area (Å²) in [5.74, 6) is 1.62. The summed E-state index contributed by atoms with van der Waals surface area (Å²) < 4.78 is 2.24. The molecular formula is C19H25N3O2. The van der Waals surface area contributed by atoms with Gasteiger partial charge in [0.05, 0.1) is 0 Å². The highest BCUT2D eigenvalue weighted by Gasteiger charge is 2.27. The number of nitrogens with zero attached hydrogens (tertiary/aromatic N) is 3. The molecule has 0 spiro atoms. The molecule has 1 fully saturated rings. The van der Waals surface area contributed by atoms with Crippen LogP contribution in [0, 0.1) is 0 Å². The minimum Gasteiger partial charge on any atom is -0.508 e. The van der Waals surface area contributed by atoms with Crippen LogP contribution in [0.15, 0.2) is 36.7 Å². The summed E-state index contributed by atoms with van der Waals surface area (Å²) in [4.78, 5) is 19.2. The highest BCUT2D eigenvalue weighted by molar-refractivity contribution is 5.94. The van der Waals surface area contributed by atoms with Crippen molar-refractivity contribution < 1.29 is 9.90 Å². The molecule has 0 bridgehead atoms. The van der Waals surface area contributed by atoms with Gasteiger partial charge in [-0.3, -0.25) is 4.79 Å². The minimum atomic E-state index is 0.0337. The van der Waals surface area contributed by atoms with Gasteiger partial charge >= 0.3 is 0 Å². The predicted octanol–water partition coefficient (Wildman–Crippen LogP) is 3.41. The van der Waals surface area contributed by atoms with E-state index in [2.05, 4.69) is 16.5 Å². The number of rotatable bonds is 5. The molecule has 1 N–H and O–H groups in total. The summed E-state index contributed by atoms with van der Waals surface area (Å²) in [6, 6.07) is 6.49. The Morgan fingerprint density at radius 2 is 2.12 bits per heavy atom. The predicted molar refractivity (Wildman–Crippen MR) is 93.1 cm³/mol. The molecule has 2 heterocycles. The van der Waals surface area contributed by atoms with Crippen molar-refractivity contribution in [2.75, 3.05) is 13.1 Å². The largest absolute Gasteiger partial charge is 0.508 e. The summed E-state index contributed by atoms with van der Waals surface area (Å²) in [7, 11) is 0. The summed E-state index contributed by atoms with van der Waals surface area (Å²) in [6.45, 7) is 4.68. The Kier molecular flexibility index (Phi) is 5.18. The first kappa shape index (κ1) is 16.6. The molecule has 1 aliphatic heterocycles. The van der Waals surface area contributed by atoms with Gasteiger partial charge in [0.2, 0.25) is 0 Å². The van der Waals surface area contributed by atoms with Gasteiger partial charge in [-0.2, -0.15) is 0 Å². The first-order valence-electron chi connectivity index (χ1n) is 8.78. The van der Waals surface area contributed by atoms with Gasteiger partial charge in [-0.25, -0.2) is 4.98 Å². The standard InChI is InChI=1S/C19H25N3O2/c1-2-3-11-21-13-10-20-18(21)16-5-4-12-22(14-16)19(24)15-6-8-17(23)9-7-15/h6-10,13,16,23H,2-5,11-12,14H2,1H3. The molecular weight excluding hydrogens is 302 g/mol. The molecule has 2 aromatic rings. The average molecular weight is 327 g/mol. The molecule has 1 aliphatic rings. The summed E-state index contributed by atoms with van der Waals surface area (Å²) in [5.41, 5.74) is 0.628. The van der Waals surface area contributed by atoms with Crippen molar-refractivity contribution in [2.45, 2.75) is 45.1 Å². The highest BCUT2D eigenvalue weighted by Crippen LogP contribution is 2.27. The van der Waals surface area contributed by atoms with E-state index in [1.54, 1.807) is 24.3 Å². The maximum absolute atomic E-state index is 12.7. The molecule has 24 heavy (non-hydrogen) atoms. The van der Waals surface area contributed by atoms with E-state index >= 15 is 0 Å². The number of amides is 1. The summed E-state index contributed by atoms with van der Waals surface area (Å²) in [6.07, 6.45) is 8.29. The first-order chi connectivity index (χ1) is 11.7. The smallest absolute Gasteiger partial charge is 0.253 e. The van der Waals surface area contributed by atoms with E-state index in [0.29, 0.717) is 18.0 Å². The molecule has 3 rings (SSSR count). The molecule has 0 saturated carbocycles. The fourth-order valence-electron chi connectivity index (χ4n) is 3.36. The number of benzene rings is 1. The quantitative estimate of drug-likeness (QED) is 0.915. The minimum absolute atomic E-state index is 0.0337. The van der Waals surface area contributed by atoms with E-state index in [4.69, 9.17) is 0 Å². The lowest BCUT2D eigenvalue weighted by molar-refractivity contribution is 0.0703. The van der Waals surface area contributed by atoms with Crippen molar-refractivity contribution >= 4 is 5.91 Å². The number of carbonyl (C=O) groups excluding carboxylic acids is 1. The third kappa shape index (κ3) is 3.61. The van der Waals surface area contributed by atoms with Gasteiger partial charge in [0.15, 0.2) is 0 Å². The molecule has 1 aromatic carbocycles. The molecule has 1 unspecified atom stereocenters. The third-order valence-corrected chi connectivity index (χ3v) is 4.69. The topological polar surface area (TPSA) is 58.4 Å². The van der Waals surface area contributed by atoms with Crippen LogP contribution in [0.2, 0.25) is 0 Å². The lowest BCUT2D eigenvalue weighted by Crippen LogP contribution is -2.39. The number of likely N-dealkylation sites (tertiary alicyclic amines) is 1. The van der Waals surface area contributed by atoms with E-state index in [0.717, 1.165) is 44.6 Å². The van der Waals surface area contributed by atoms with Crippen LogP contribution < -0.4 is 0 Å². The fraction of sp³-hybridized carbons (Fsp3) is 0.474. The van der Waals surface area contributed by atoms with E-state index in [1.807, 2.05) is 17.3 Å². The lowest BCUT2D eigenvalue weighted by atomic mass is 9.96. The Morgan fingerprint density at radius 3 is 2.88 bits per heavy atom. The first-order valence-corrected chi connectivity index (χ1v) is 8.78. The van der Waals surface area contributed by atoms with Crippen LogP contribution in [-0.2, 0) is 6.54 Å². The molecule has 128 valence electrons. The SMILES string of the molecule is CCCCn1ccnc1C1CCCN(C(=O)c2ccc(O)cc2)C1. The second kappa shape index (κ2) is 7.51. The maximum atomic E-state index is 12.7. The molecule has 1 aromatic heterocycles.